The molecule has 3 aromatic rings. The van der Waals surface area contributed by atoms with Crippen LogP contribution >= 0.6 is 0 Å². The Morgan fingerprint density at radius 2 is 2.29 bits per heavy atom. The summed E-state index contributed by atoms with van der Waals surface area (Å²) in [5.74, 6) is 1.19. The highest BCUT2D eigenvalue weighted by atomic mass is 16.5. The number of tetrazole rings is 1. The fraction of sp³-hybridized carbons (Fsp3) is 0.429. The van der Waals surface area contributed by atoms with Crippen LogP contribution in [0.1, 0.15) is 40.2 Å². The molecule has 3 aromatic heterocycles. The highest BCUT2D eigenvalue weighted by Crippen LogP contribution is 2.25. The standard InChI is InChI=1S/C14H16N8O2/c1-21(7-11-9-4-2-3-5-12(9)24-18-11)14(23)10-6-15-17-13(10)22-8-16-19-20-22/h6,8H,2-5,7H2,1H3,(H,15,17). The highest BCUT2D eigenvalue weighted by molar-refractivity contribution is 5.96. The van der Waals surface area contributed by atoms with Gasteiger partial charge in [-0.05, 0) is 29.7 Å². The first-order valence-electron chi connectivity index (χ1n) is 7.72. The molecule has 1 aliphatic carbocycles. The van der Waals surface area contributed by atoms with Crippen molar-refractivity contribution in [3.63, 3.8) is 0 Å². The van der Waals surface area contributed by atoms with E-state index in [2.05, 4.69) is 30.9 Å². The van der Waals surface area contributed by atoms with Crippen LogP contribution in [0.25, 0.3) is 5.82 Å². The largest absolute Gasteiger partial charge is 0.361 e. The first kappa shape index (κ1) is 14.5. The number of aromatic amines is 1. The first-order valence-corrected chi connectivity index (χ1v) is 7.72. The number of nitrogens with one attached hydrogen (secondary N) is 1. The van der Waals surface area contributed by atoms with E-state index in [0.29, 0.717) is 17.9 Å². The molecular formula is C14H16N8O2. The molecule has 10 nitrogen and oxygen atoms in total. The maximum atomic E-state index is 12.7. The van der Waals surface area contributed by atoms with Gasteiger partial charge >= 0.3 is 0 Å². The van der Waals surface area contributed by atoms with Crippen LogP contribution < -0.4 is 0 Å². The lowest BCUT2D eigenvalue weighted by Gasteiger charge is -2.17. The molecule has 1 amide bonds. The molecule has 0 saturated carbocycles. The molecule has 0 unspecified atom stereocenters. The number of nitrogens with zero attached hydrogens (tertiary/aromatic N) is 7. The van der Waals surface area contributed by atoms with Crippen molar-refractivity contribution in [3.05, 3.63) is 35.1 Å². The van der Waals surface area contributed by atoms with Crippen molar-refractivity contribution < 1.29 is 9.32 Å². The van der Waals surface area contributed by atoms with Crippen LogP contribution in [-0.2, 0) is 19.4 Å². The van der Waals surface area contributed by atoms with E-state index >= 15 is 0 Å². The van der Waals surface area contributed by atoms with Gasteiger partial charge in [-0.25, -0.2) is 0 Å². The van der Waals surface area contributed by atoms with Crippen molar-refractivity contribution in [1.29, 1.82) is 0 Å². The summed E-state index contributed by atoms with van der Waals surface area (Å²) in [6.07, 6.45) is 7.00. The zero-order valence-electron chi connectivity index (χ0n) is 13.1. The summed E-state index contributed by atoms with van der Waals surface area (Å²) in [6, 6.07) is 0. The first-order chi connectivity index (χ1) is 11.7. The molecule has 4 rings (SSSR count). The van der Waals surface area contributed by atoms with Crippen LogP contribution in [0.3, 0.4) is 0 Å². The number of hydrogen-bond acceptors (Lipinski definition) is 7. The van der Waals surface area contributed by atoms with Gasteiger partial charge in [0.1, 0.15) is 23.3 Å². The Morgan fingerprint density at radius 3 is 3.12 bits per heavy atom. The lowest BCUT2D eigenvalue weighted by molar-refractivity contribution is 0.0782. The van der Waals surface area contributed by atoms with Gasteiger partial charge in [-0.1, -0.05) is 5.16 Å². The second-order valence-corrected chi connectivity index (χ2v) is 5.79. The van der Waals surface area contributed by atoms with Gasteiger partial charge in [0.25, 0.3) is 5.91 Å². The molecule has 0 spiro atoms. The van der Waals surface area contributed by atoms with Crippen LogP contribution in [0.5, 0.6) is 0 Å². The lowest BCUT2D eigenvalue weighted by Crippen LogP contribution is -2.27. The van der Waals surface area contributed by atoms with Crippen LogP contribution in [-0.4, -0.2) is 53.4 Å². The Labute approximate surface area is 136 Å². The Kier molecular flexibility index (Phi) is 3.56. The summed E-state index contributed by atoms with van der Waals surface area (Å²) in [5, 5.41) is 21.7. The second-order valence-electron chi connectivity index (χ2n) is 5.79. The van der Waals surface area contributed by atoms with Gasteiger partial charge in [0.2, 0.25) is 0 Å². The van der Waals surface area contributed by atoms with E-state index < -0.39 is 0 Å². The van der Waals surface area contributed by atoms with Gasteiger partial charge in [-0.2, -0.15) is 9.78 Å². The van der Waals surface area contributed by atoms with Crippen LogP contribution in [0.2, 0.25) is 0 Å². The van der Waals surface area contributed by atoms with Crippen LogP contribution in [0, 0.1) is 0 Å². The van der Waals surface area contributed by atoms with E-state index in [1.54, 1.807) is 11.9 Å². The quantitative estimate of drug-likeness (QED) is 0.741. The summed E-state index contributed by atoms with van der Waals surface area (Å²) in [5.41, 5.74) is 2.36. The number of carbonyl (C=O) groups is 1. The van der Waals surface area contributed by atoms with E-state index in [1.165, 1.54) is 17.2 Å². The third-order valence-electron chi connectivity index (χ3n) is 4.19. The van der Waals surface area contributed by atoms with Crippen molar-refractivity contribution in [1.82, 2.24) is 40.5 Å². The molecule has 124 valence electrons. The third-order valence-corrected chi connectivity index (χ3v) is 4.19. The Hall–Kier alpha value is -3.04. The molecule has 1 N–H and O–H groups in total. The van der Waals surface area contributed by atoms with E-state index in [4.69, 9.17) is 4.52 Å². The summed E-state index contributed by atoms with van der Waals surface area (Å²) < 4.78 is 6.77. The molecular weight excluding hydrogens is 312 g/mol. The van der Waals surface area contributed by atoms with Crippen LogP contribution in [0.15, 0.2) is 17.0 Å². The number of hydrogen-bond donors (Lipinski definition) is 1. The lowest BCUT2D eigenvalue weighted by atomic mass is 9.96. The minimum Gasteiger partial charge on any atom is -0.361 e. The molecule has 1 aliphatic rings. The summed E-state index contributed by atoms with van der Waals surface area (Å²) >= 11 is 0. The highest BCUT2D eigenvalue weighted by Gasteiger charge is 2.24. The maximum Gasteiger partial charge on any atom is 0.259 e. The number of amides is 1. The maximum absolute atomic E-state index is 12.7. The average molecular weight is 328 g/mol. The molecule has 0 fully saturated rings. The van der Waals surface area contributed by atoms with Crippen molar-refractivity contribution in [2.24, 2.45) is 0 Å². The van der Waals surface area contributed by atoms with Crippen molar-refractivity contribution in [3.8, 4) is 5.82 Å². The molecule has 0 atom stereocenters. The zero-order valence-corrected chi connectivity index (χ0v) is 13.1. The van der Waals surface area contributed by atoms with E-state index in [1.807, 2.05) is 0 Å². The minimum absolute atomic E-state index is 0.193. The Bertz CT molecular complexity index is 850. The summed E-state index contributed by atoms with van der Waals surface area (Å²) in [6.45, 7) is 0.387. The normalized spacial score (nSPS) is 13.7. The Morgan fingerprint density at radius 1 is 1.42 bits per heavy atom. The van der Waals surface area contributed by atoms with Crippen LogP contribution in [0.4, 0.5) is 0 Å². The minimum atomic E-state index is -0.193. The van der Waals surface area contributed by atoms with Gasteiger partial charge in [0.05, 0.1) is 12.7 Å². The van der Waals surface area contributed by atoms with E-state index in [0.717, 1.165) is 42.7 Å². The third kappa shape index (κ3) is 2.45. The van der Waals surface area contributed by atoms with E-state index in [9.17, 15) is 4.79 Å². The number of carbonyl (C=O) groups excluding carboxylic acids is 1. The zero-order chi connectivity index (χ0) is 16.5. The predicted molar refractivity (Wildman–Crippen MR) is 80.2 cm³/mol. The molecule has 0 aliphatic heterocycles. The Balaban J connectivity index is 1.55. The topological polar surface area (TPSA) is 119 Å². The fourth-order valence-electron chi connectivity index (χ4n) is 2.95. The number of fused-ring (bicyclic) bond motifs is 1. The molecule has 0 radical (unpaired) electrons. The van der Waals surface area contributed by atoms with Gasteiger partial charge in [0.15, 0.2) is 5.82 Å². The SMILES string of the molecule is CN(Cc1noc2c1CCCC2)C(=O)c1cn[nH]c1-n1cnnn1. The number of aryl methyl sites for hydroxylation is 1. The fourth-order valence-corrected chi connectivity index (χ4v) is 2.95. The average Bonchev–Trinajstić information content (AvgIpc) is 3.34. The molecule has 24 heavy (non-hydrogen) atoms. The summed E-state index contributed by atoms with van der Waals surface area (Å²) in [7, 11) is 1.72. The van der Waals surface area contributed by atoms with Crippen molar-refractivity contribution in [2.45, 2.75) is 32.2 Å². The summed E-state index contributed by atoms with van der Waals surface area (Å²) in [4.78, 5) is 14.3. The second kappa shape index (κ2) is 5.87. The monoisotopic (exact) mass is 328 g/mol. The number of rotatable bonds is 4. The number of aromatic nitrogens is 7. The van der Waals surface area contributed by atoms with Gasteiger partial charge < -0.3 is 9.42 Å². The molecule has 0 saturated heterocycles. The molecule has 0 bridgehead atoms. The number of H-pyrrole nitrogens is 1. The van der Waals surface area contributed by atoms with Gasteiger partial charge in [0, 0.05) is 19.0 Å². The van der Waals surface area contributed by atoms with Gasteiger partial charge in [-0.3, -0.25) is 9.89 Å². The smallest absolute Gasteiger partial charge is 0.259 e. The molecule has 0 aromatic carbocycles. The van der Waals surface area contributed by atoms with E-state index in [-0.39, 0.29) is 5.91 Å². The van der Waals surface area contributed by atoms with Crippen molar-refractivity contribution >= 4 is 5.91 Å². The van der Waals surface area contributed by atoms with Gasteiger partial charge in [-0.15, -0.1) is 5.10 Å². The molecule has 3 heterocycles. The van der Waals surface area contributed by atoms with Crippen molar-refractivity contribution in [2.75, 3.05) is 7.05 Å². The predicted octanol–water partition coefficient (Wildman–Crippen LogP) is 0.524. The molecule has 10 heteroatoms.